The number of nitriles is 1. The second kappa shape index (κ2) is 9.86. The lowest BCUT2D eigenvalue weighted by atomic mass is 10.0. The van der Waals surface area contributed by atoms with Gasteiger partial charge in [-0.1, -0.05) is 66.7 Å². The summed E-state index contributed by atoms with van der Waals surface area (Å²) >= 11 is 0. The van der Waals surface area contributed by atoms with Crippen LogP contribution in [0.15, 0.2) is 78.9 Å². The summed E-state index contributed by atoms with van der Waals surface area (Å²) in [7, 11) is 0. The monoisotopic (exact) mass is 384 g/mol. The van der Waals surface area contributed by atoms with E-state index in [-0.39, 0.29) is 13.0 Å². The highest BCUT2D eigenvalue weighted by molar-refractivity contribution is 5.92. The highest BCUT2D eigenvalue weighted by Crippen LogP contribution is 2.19. The summed E-state index contributed by atoms with van der Waals surface area (Å²) in [4.78, 5) is 23.9. The highest BCUT2D eigenvalue weighted by Gasteiger charge is 2.09. The molecule has 0 fully saturated rings. The van der Waals surface area contributed by atoms with Crippen molar-refractivity contribution < 1.29 is 14.3 Å². The third kappa shape index (κ3) is 6.05. The van der Waals surface area contributed by atoms with E-state index in [4.69, 9.17) is 10.00 Å². The molecule has 144 valence electrons. The van der Waals surface area contributed by atoms with Gasteiger partial charge in [-0.15, -0.1) is 0 Å². The van der Waals surface area contributed by atoms with Crippen molar-refractivity contribution in [1.82, 2.24) is 0 Å². The van der Waals surface area contributed by atoms with Gasteiger partial charge in [-0.05, 0) is 34.4 Å². The quantitative estimate of drug-likeness (QED) is 0.621. The summed E-state index contributed by atoms with van der Waals surface area (Å²) in [6.45, 7) is -0.346. The van der Waals surface area contributed by atoms with Crippen molar-refractivity contribution in [2.24, 2.45) is 0 Å². The Labute approximate surface area is 169 Å². The Kier molecular flexibility index (Phi) is 6.75. The average molecular weight is 384 g/mol. The Bertz CT molecular complexity index is 1000. The van der Waals surface area contributed by atoms with Crippen molar-refractivity contribution in [3.63, 3.8) is 0 Å². The first kappa shape index (κ1) is 19.8. The van der Waals surface area contributed by atoms with E-state index in [1.807, 2.05) is 54.6 Å². The maximum atomic E-state index is 12.0. The minimum absolute atomic E-state index is 0.102. The number of amides is 1. The molecular weight excluding hydrogens is 364 g/mol. The first-order valence-electron chi connectivity index (χ1n) is 9.20. The van der Waals surface area contributed by atoms with Gasteiger partial charge in [-0.2, -0.15) is 5.26 Å². The maximum Gasteiger partial charge on any atom is 0.310 e. The number of rotatable bonds is 7. The molecule has 3 aromatic carbocycles. The fourth-order valence-electron chi connectivity index (χ4n) is 2.80. The summed E-state index contributed by atoms with van der Waals surface area (Å²) < 4.78 is 5.06. The normalized spacial score (nSPS) is 10.0. The first-order chi connectivity index (χ1) is 14.1. The van der Waals surface area contributed by atoms with Crippen LogP contribution in [0.3, 0.4) is 0 Å². The highest BCUT2D eigenvalue weighted by atomic mass is 16.5. The Morgan fingerprint density at radius 1 is 0.828 bits per heavy atom. The number of benzene rings is 3. The summed E-state index contributed by atoms with van der Waals surface area (Å²) in [5.74, 6) is -0.872. The lowest BCUT2D eigenvalue weighted by Gasteiger charge is -2.08. The van der Waals surface area contributed by atoms with Crippen LogP contribution in [0.25, 0.3) is 11.1 Å². The van der Waals surface area contributed by atoms with Gasteiger partial charge in [-0.3, -0.25) is 9.59 Å². The van der Waals surface area contributed by atoms with Crippen molar-refractivity contribution in [2.45, 2.75) is 12.8 Å². The number of hydrogen-bond acceptors (Lipinski definition) is 4. The molecule has 5 nitrogen and oxygen atoms in total. The number of nitrogens with zero attached hydrogens (tertiary/aromatic N) is 1. The SMILES string of the molecule is N#CCc1ccc(NC(=O)COC(=O)Cc2ccc(-c3ccccc3)cc2)cc1. The Hall–Kier alpha value is -3.91. The van der Waals surface area contributed by atoms with Crippen LogP contribution in [0.1, 0.15) is 11.1 Å². The van der Waals surface area contributed by atoms with E-state index < -0.39 is 11.9 Å². The Balaban J connectivity index is 1.45. The van der Waals surface area contributed by atoms with E-state index in [1.54, 1.807) is 24.3 Å². The van der Waals surface area contributed by atoms with Gasteiger partial charge in [0, 0.05) is 5.69 Å². The van der Waals surface area contributed by atoms with Crippen molar-refractivity contribution >= 4 is 17.6 Å². The summed E-state index contributed by atoms with van der Waals surface area (Å²) in [5.41, 5.74) is 4.46. The topological polar surface area (TPSA) is 79.2 Å². The van der Waals surface area contributed by atoms with Gasteiger partial charge >= 0.3 is 5.97 Å². The number of hydrogen-bond donors (Lipinski definition) is 1. The van der Waals surface area contributed by atoms with Gasteiger partial charge in [0.2, 0.25) is 0 Å². The van der Waals surface area contributed by atoms with E-state index in [2.05, 4.69) is 11.4 Å². The van der Waals surface area contributed by atoms with Crippen molar-refractivity contribution in [3.05, 3.63) is 90.0 Å². The van der Waals surface area contributed by atoms with Gasteiger partial charge in [0.25, 0.3) is 5.91 Å². The molecule has 29 heavy (non-hydrogen) atoms. The number of anilines is 1. The van der Waals surface area contributed by atoms with Gasteiger partial charge in [-0.25, -0.2) is 0 Å². The Morgan fingerprint density at radius 3 is 2.10 bits per heavy atom. The van der Waals surface area contributed by atoms with Crippen LogP contribution >= 0.6 is 0 Å². The molecule has 0 aliphatic rings. The summed E-state index contributed by atoms with van der Waals surface area (Å²) in [6, 6.07) is 26.7. The van der Waals surface area contributed by atoms with Gasteiger partial charge in [0.1, 0.15) is 0 Å². The van der Waals surface area contributed by atoms with Crippen LogP contribution in [0.2, 0.25) is 0 Å². The maximum absolute atomic E-state index is 12.0. The third-order valence-corrected chi connectivity index (χ3v) is 4.29. The molecule has 0 heterocycles. The number of carbonyl (C=O) groups is 2. The zero-order valence-electron chi connectivity index (χ0n) is 15.8. The van der Waals surface area contributed by atoms with Crippen molar-refractivity contribution in [1.29, 1.82) is 5.26 Å². The number of carbonyl (C=O) groups excluding carboxylic acids is 2. The zero-order valence-corrected chi connectivity index (χ0v) is 15.8. The molecule has 0 saturated heterocycles. The minimum atomic E-state index is -0.461. The molecule has 3 rings (SSSR count). The smallest absolute Gasteiger partial charge is 0.310 e. The third-order valence-electron chi connectivity index (χ3n) is 4.29. The first-order valence-corrected chi connectivity index (χ1v) is 9.20. The van der Waals surface area contributed by atoms with Crippen LogP contribution in [0, 0.1) is 11.3 Å². The fourth-order valence-corrected chi connectivity index (χ4v) is 2.80. The fraction of sp³-hybridized carbons (Fsp3) is 0.125. The minimum Gasteiger partial charge on any atom is -0.455 e. The van der Waals surface area contributed by atoms with Crippen LogP contribution < -0.4 is 5.32 Å². The second-order valence-electron chi connectivity index (χ2n) is 6.48. The molecule has 0 saturated carbocycles. The molecule has 5 heteroatoms. The van der Waals surface area contributed by atoms with E-state index in [9.17, 15) is 9.59 Å². The second-order valence-corrected chi connectivity index (χ2v) is 6.48. The Morgan fingerprint density at radius 2 is 1.45 bits per heavy atom. The summed E-state index contributed by atoms with van der Waals surface area (Å²) in [5, 5.41) is 11.3. The number of esters is 1. The van der Waals surface area contributed by atoms with Crippen LogP contribution in [0.5, 0.6) is 0 Å². The largest absolute Gasteiger partial charge is 0.455 e. The number of nitrogens with one attached hydrogen (secondary N) is 1. The van der Waals surface area contributed by atoms with Crippen molar-refractivity contribution in [2.75, 3.05) is 11.9 Å². The number of ether oxygens (including phenoxy) is 1. The van der Waals surface area contributed by atoms with E-state index in [1.165, 1.54) is 0 Å². The molecular formula is C24H20N2O3. The molecule has 1 amide bonds. The van der Waals surface area contributed by atoms with Crippen LogP contribution in [0.4, 0.5) is 5.69 Å². The van der Waals surface area contributed by atoms with Crippen molar-refractivity contribution in [3.8, 4) is 17.2 Å². The zero-order chi connectivity index (χ0) is 20.5. The lowest BCUT2D eigenvalue weighted by Crippen LogP contribution is -2.21. The average Bonchev–Trinajstić information content (AvgIpc) is 2.75. The predicted molar refractivity (Wildman–Crippen MR) is 111 cm³/mol. The van der Waals surface area contributed by atoms with E-state index >= 15 is 0 Å². The molecule has 0 aliphatic heterocycles. The summed E-state index contributed by atoms with van der Waals surface area (Å²) in [6.07, 6.45) is 0.420. The molecule has 0 bridgehead atoms. The van der Waals surface area contributed by atoms with Gasteiger partial charge in [0.15, 0.2) is 6.61 Å². The van der Waals surface area contributed by atoms with E-state index in [0.29, 0.717) is 12.1 Å². The van der Waals surface area contributed by atoms with Crippen LogP contribution in [-0.2, 0) is 27.2 Å². The lowest BCUT2D eigenvalue weighted by molar-refractivity contribution is -0.146. The molecule has 0 aromatic heterocycles. The standard InChI is InChI=1S/C24H20N2O3/c25-15-14-18-8-12-22(13-9-18)26-23(27)17-29-24(28)16-19-6-10-21(11-7-19)20-4-2-1-3-5-20/h1-13H,14,16-17H2,(H,26,27). The predicted octanol–water partition coefficient (Wildman–Crippen LogP) is 4.14. The molecule has 3 aromatic rings. The molecule has 0 radical (unpaired) electrons. The van der Waals surface area contributed by atoms with Gasteiger partial charge in [0.05, 0.1) is 18.9 Å². The molecule has 0 unspecified atom stereocenters. The van der Waals surface area contributed by atoms with Gasteiger partial charge < -0.3 is 10.1 Å². The van der Waals surface area contributed by atoms with Crippen LogP contribution in [-0.4, -0.2) is 18.5 Å². The molecule has 0 atom stereocenters. The molecule has 1 N–H and O–H groups in total. The molecule has 0 spiro atoms. The molecule has 0 aliphatic carbocycles. The van der Waals surface area contributed by atoms with E-state index in [0.717, 1.165) is 22.3 Å².